The third-order valence-electron chi connectivity index (χ3n) is 3.59. The van der Waals surface area contributed by atoms with Crippen LogP contribution < -0.4 is 5.32 Å². The van der Waals surface area contributed by atoms with Gasteiger partial charge in [-0.1, -0.05) is 54.5 Å². The fourth-order valence-corrected chi connectivity index (χ4v) is 2.87. The first-order valence-corrected chi connectivity index (χ1v) is 8.30. The summed E-state index contributed by atoms with van der Waals surface area (Å²) >= 11 is 3.42. The SMILES string of the molecule is O=C(NCCCCCBr)C1CCCCCCC1. The lowest BCUT2D eigenvalue weighted by Gasteiger charge is -2.19. The largest absolute Gasteiger partial charge is 0.356 e. The molecule has 1 fully saturated rings. The molecule has 1 aliphatic rings. The lowest BCUT2D eigenvalue weighted by molar-refractivity contribution is -0.125. The van der Waals surface area contributed by atoms with E-state index in [0.717, 1.165) is 31.1 Å². The first-order chi connectivity index (χ1) is 8.34. The van der Waals surface area contributed by atoms with E-state index in [9.17, 15) is 4.79 Å². The van der Waals surface area contributed by atoms with E-state index in [1.165, 1.54) is 44.9 Å². The highest BCUT2D eigenvalue weighted by Gasteiger charge is 2.18. The Bertz CT molecular complexity index is 200. The van der Waals surface area contributed by atoms with Crippen molar-refractivity contribution in [2.24, 2.45) is 5.92 Å². The Hall–Kier alpha value is -0.0500. The molecular weight excluding hydrogens is 278 g/mol. The van der Waals surface area contributed by atoms with Gasteiger partial charge in [-0.25, -0.2) is 0 Å². The van der Waals surface area contributed by atoms with Crippen LogP contribution in [0.2, 0.25) is 0 Å². The quantitative estimate of drug-likeness (QED) is 0.582. The first-order valence-electron chi connectivity index (χ1n) is 7.18. The highest BCUT2D eigenvalue weighted by molar-refractivity contribution is 9.09. The van der Waals surface area contributed by atoms with Crippen molar-refractivity contribution in [3.63, 3.8) is 0 Å². The summed E-state index contributed by atoms with van der Waals surface area (Å²) in [5.41, 5.74) is 0. The maximum Gasteiger partial charge on any atom is 0.223 e. The standard InChI is InChI=1S/C14H26BrNO/c15-11-7-4-8-12-16-14(17)13-9-5-2-1-3-6-10-13/h13H,1-12H2,(H,16,17). The van der Waals surface area contributed by atoms with Crippen molar-refractivity contribution in [1.82, 2.24) is 5.32 Å². The van der Waals surface area contributed by atoms with Crippen molar-refractivity contribution in [1.29, 1.82) is 0 Å². The van der Waals surface area contributed by atoms with Crippen molar-refractivity contribution in [2.75, 3.05) is 11.9 Å². The third kappa shape index (κ3) is 7.07. The van der Waals surface area contributed by atoms with E-state index in [-0.39, 0.29) is 0 Å². The zero-order valence-electron chi connectivity index (χ0n) is 10.8. The van der Waals surface area contributed by atoms with Crippen LogP contribution in [-0.4, -0.2) is 17.8 Å². The molecule has 1 N–H and O–H groups in total. The number of carbonyl (C=O) groups excluding carboxylic acids is 1. The van der Waals surface area contributed by atoms with Gasteiger partial charge in [0.1, 0.15) is 0 Å². The van der Waals surface area contributed by atoms with Crippen LogP contribution in [0.25, 0.3) is 0 Å². The van der Waals surface area contributed by atoms with E-state index in [4.69, 9.17) is 0 Å². The molecule has 0 saturated heterocycles. The smallest absolute Gasteiger partial charge is 0.223 e. The molecule has 1 aliphatic carbocycles. The van der Waals surface area contributed by atoms with Crippen molar-refractivity contribution in [2.45, 2.75) is 64.2 Å². The number of alkyl halides is 1. The van der Waals surface area contributed by atoms with Crippen LogP contribution in [0.5, 0.6) is 0 Å². The zero-order chi connectivity index (χ0) is 12.3. The number of hydrogen-bond donors (Lipinski definition) is 1. The molecule has 0 aromatic carbocycles. The fourth-order valence-electron chi connectivity index (χ4n) is 2.47. The monoisotopic (exact) mass is 303 g/mol. The molecule has 0 aromatic heterocycles. The Labute approximate surface area is 114 Å². The second-order valence-electron chi connectivity index (χ2n) is 5.08. The first kappa shape index (κ1) is 15.0. The van der Waals surface area contributed by atoms with E-state index in [0.29, 0.717) is 11.8 Å². The van der Waals surface area contributed by atoms with Gasteiger partial charge in [-0.05, 0) is 25.7 Å². The molecule has 100 valence electrons. The van der Waals surface area contributed by atoms with Crippen LogP contribution >= 0.6 is 15.9 Å². The number of halogens is 1. The third-order valence-corrected chi connectivity index (χ3v) is 4.15. The van der Waals surface area contributed by atoms with Crippen molar-refractivity contribution in [3.8, 4) is 0 Å². The number of nitrogens with one attached hydrogen (secondary N) is 1. The molecule has 0 bridgehead atoms. The highest BCUT2D eigenvalue weighted by atomic mass is 79.9. The molecule has 0 unspecified atom stereocenters. The summed E-state index contributed by atoms with van der Waals surface area (Å²) in [4.78, 5) is 12.0. The van der Waals surface area contributed by atoms with Crippen LogP contribution in [0.4, 0.5) is 0 Å². The second-order valence-corrected chi connectivity index (χ2v) is 5.88. The number of amides is 1. The van der Waals surface area contributed by atoms with E-state index in [1.807, 2.05) is 0 Å². The summed E-state index contributed by atoms with van der Waals surface area (Å²) in [5.74, 6) is 0.609. The number of carbonyl (C=O) groups is 1. The van der Waals surface area contributed by atoms with Gasteiger partial charge in [-0.3, -0.25) is 4.79 Å². The van der Waals surface area contributed by atoms with E-state index in [1.54, 1.807) is 0 Å². The number of rotatable bonds is 6. The van der Waals surface area contributed by atoms with Crippen LogP contribution in [0.15, 0.2) is 0 Å². The van der Waals surface area contributed by atoms with Gasteiger partial charge < -0.3 is 5.32 Å². The van der Waals surface area contributed by atoms with E-state index >= 15 is 0 Å². The Kier molecular flexibility index (Phi) is 8.76. The molecule has 1 amide bonds. The summed E-state index contributed by atoms with van der Waals surface area (Å²) in [5, 5.41) is 4.18. The molecule has 0 heterocycles. The van der Waals surface area contributed by atoms with Crippen LogP contribution in [0.1, 0.15) is 64.2 Å². The Morgan fingerprint density at radius 1 is 1.00 bits per heavy atom. The molecule has 1 saturated carbocycles. The molecule has 0 radical (unpaired) electrons. The van der Waals surface area contributed by atoms with Crippen molar-refractivity contribution >= 4 is 21.8 Å². The fraction of sp³-hybridized carbons (Fsp3) is 0.929. The predicted molar refractivity (Wildman–Crippen MR) is 76.5 cm³/mol. The van der Waals surface area contributed by atoms with Crippen molar-refractivity contribution in [3.05, 3.63) is 0 Å². The van der Waals surface area contributed by atoms with E-state index < -0.39 is 0 Å². The molecular formula is C14H26BrNO. The van der Waals surface area contributed by atoms with E-state index in [2.05, 4.69) is 21.2 Å². The molecule has 0 aromatic rings. The van der Waals surface area contributed by atoms with Gasteiger partial charge in [0.25, 0.3) is 0 Å². The molecule has 3 heteroatoms. The maximum absolute atomic E-state index is 12.0. The topological polar surface area (TPSA) is 29.1 Å². The minimum Gasteiger partial charge on any atom is -0.356 e. The average Bonchev–Trinajstić information content (AvgIpc) is 2.28. The zero-order valence-corrected chi connectivity index (χ0v) is 12.4. The molecule has 17 heavy (non-hydrogen) atoms. The van der Waals surface area contributed by atoms with Gasteiger partial charge in [-0.15, -0.1) is 0 Å². The summed E-state index contributed by atoms with van der Waals surface area (Å²) in [7, 11) is 0. The number of unbranched alkanes of at least 4 members (excludes halogenated alkanes) is 2. The normalized spacial score (nSPS) is 18.4. The van der Waals surface area contributed by atoms with Gasteiger partial charge in [0, 0.05) is 17.8 Å². The Balaban J connectivity index is 2.11. The lowest BCUT2D eigenvalue weighted by atomic mass is 9.90. The van der Waals surface area contributed by atoms with Gasteiger partial charge in [0.2, 0.25) is 5.91 Å². The minimum absolute atomic E-state index is 0.298. The summed E-state index contributed by atoms with van der Waals surface area (Å²) in [6.07, 6.45) is 12.2. The predicted octanol–water partition coefficient (Wildman–Crippen LogP) is 4.03. The molecule has 0 atom stereocenters. The summed E-state index contributed by atoms with van der Waals surface area (Å²) < 4.78 is 0. The summed E-state index contributed by atoms with van der Waals surface area (Å²) in [6, 6.07) is 0. The molecule has 1 rings (SSSR count). The van der Waals surface area contributed by atoms with Gasteiger partial charge in [0.15, 0.2) is 0 Å². The molecule has 0 spiro atoms. The van der Waals surface area contributed by atoms with Crippen LogP contribution in [-0.2, 0) is 4.79 Å². The van der Waals surface area contributed by atoms with Gasteiger partial charge >= 0.3 is 0 Å². The summed E-state index contributed by atoms with van der Waals surface area (Å²) in [6.45, 7) is 0.863. The average molecular weight is 304 g/mol. The van der Waals surface area contributed by atoms with Crippen LogP contribution in [0, 0.1) is 5.92 Å². The van der Waals surface area contributed by atoms with Crippen molar-refractivity contribution < 1.29 is 4.79 Å². The number of hydrogen-bond acceptors (Lipinski definition) is 1. The molecule has 0 aliphatic heterocycles. The van der Waals surface area contributed by atoms with Crippen LogP contribution in [0.3, 0.4) is 0 Å². The van der Waals surface area contributed by atoms with Gasteiger partial charge in [-0.2, -0.15) is 0 Å². The van der Waals surface area contributed by atoms with Gasteiger partial charge in [0.05, 0.1) is 0 Å². The maximum atomic E-state index is 12.0. The Morgan fingerprint density at radius 2 is 1.65 bits per heavy atom. The lowest BCUT2D eigenvalue weighted by Crippen LogP contribution is -2.31. The highest BCUT2D eigenvalue weighted by Crippen LogP contribution is 2.22. The molecule has 2 nitrogen and oxygen atoms in total. The minimum atomic E-state index is 0.298. The second kappa shape index (κ2) is 9.93. The Morgan fingerprint density at radius 3 is 2.29 bits per heavy atom.